The summed E-state index contributed by atoms with van der Waals surface area (Å²) in [6, 6.07) is 0. The number of hydrogen-bond acceptors (Lipinski definition) is 4. The zero-order chi connectivity index (χ0) is 15.6. The van der Waals surface area contributed by atoms with E-state index in [-0.39, 0.29) is 17.6 Å². The van der Waals surface area contributed by atoms with Crippen LogP contribution in [0.5, 0.6) is 0 Å². The quantitative estimate of drug-likeness (QED) is 0.781. The molecule has 20 heavy (non-hydrogen) atoms. The number of nitrogens with zero attached hydrogens (tertiary/aromatic N) is 2. The van der Waals surface area contributed by atoms with Gasteiger partial charge in [-0.25, -0.2) is 0 Å². The minimum absolute atomic E-state index is 0.0743. The lowest BCUT2D eigenvalue weighted by Gasteiger charge is -2.39. The van der Waals surface area contributed by atoms with Crippen LogP contribution in [0, 0.1) is 5.41 Å². The Morgan fingerprint density at radius 3 is 2.20 bits per heavy atom. The van der Waals surface area contributed by atoms with Crippen LogP contribution in [0.15, 0.2) is 0 Å². The molecular formula is C13H29N3O3S. The SMILES string of the molecule is CCN(CC(C)(C)CN)S(=O)(=O)N1CC(C)OC(C)C1. The van der Waals surface area contributed by atoms with Gasteiger partial charge in [0, 0.05) is 26.2 Å². The van der Waals surface area contributed by atoms with Crippen LogP contribution in [-0.2, 0) is 14.9 Å². The molecule has 0 bridgehead atoms. The van der Waals surface area contributed by atoms with E-state index >= 15 is 0 Å². The second-order valence-corrected chi connectivity index (χ2v) is 8.31. The Morgan fingerprint density at radius 2 is 1.80 bits per heavy atom. The van der Waals surface area contributed by atoms with Gasteiger partial charge in [0.25, 0.3) is 10.2 Å². The minimum Gasteiger partial charge on any atom is -0.373 e. The summed E-state index contributed by atoms with van der Waals surface area (Å²) in [7, 11) is -3.45. The number of ether oxygens (including phenoxy) is 1. The summed E-state index contributed by atoms with van der Waals surface area (Å²) in [5.74, 6) is 0. The van der Waals surface area contributed by atoms with Crippen molar-refractivity contribution in [1.29, 1.82) is 0 Å². The van der Waals surface area contributed by atoms with Crippen molar-refractivity contribution in [3.63, 3.8) is 0 Å². The molecule has 0 radical (unpaired) electrons. The summed E-state index contributed by atoms with van der Waals surface area (Å²) in [6.07, 6.45) is -0.149. The van der Waals surface area contributed by atoms with Gasteiger partial charge in [-0.3, -0.25) is 0 Å². The molecule has 0 saturated carbocycles. The molecule has 2 N–H and O–H groups in total. The summed E-state index contributed by atoms with van der Waals surface area (Å²) in [4.78, 5) is 0. The first-order chi connectivity index (χ1) is 9.12. The number of nitrogens with two attached hydrogens (primary N) is 1. The van der Waals surface area contributed by atoms with E-state index in [9.17, 15) is 8.42 Å². The van der Waals surface area contributed by atoms with Crippen LogP contribution in [0.1, 0.15) is 34.6 Å². The molecule has 0 amide bonds. The Labute approximate surface area is 123 Å². The first kappa shape index (κ1) is 17.8. The molecule has 1 aliphatic rings. The summed E-state index contributed by atoms with van der Waals surface area (Å²) in [6.45, 7) is 11.8. The third kappa shape index (κ3) is 4.39. The Bertz CT molecular complexity index is 401. The molecule has 6 nitrogen and oxygen atoms in total. The van der Waals surface area contributed by atoms with Gasteiger partial charge in [0.1, 0.15) is 0 Å². The highest BCUT2D eigenvalue weighted by molar-refractivity contribution is 7.86. The van der Waals surface area contributed by atoms with Crippen LogP contribution >= 0.6 is 0 Å². The van der Waals surface area contributed by atoms with Gasteiger partial charge in [0.2, 0.25) is 0 Å². The van der Waals surface area contributed by atoms with Crippen LogP contribution in [0.2, 0.25) is 0 Å². The molecule has 120 valence electrons. The molecule has 1 fully saturated rings. The highest BCUT2D eigenvalue weighted by Crippen LogP contribution is 2.22. The molecule has 0 aromatic rings. The predicted molar refractivity (Wildman–Crippen MR) is 80.6 cm³/mol. The lowest BCUT2D eigenvalue weighted by Crippen LogP contribution is -2.54. The lowest BCUT2D eigenvalue weighted by molar-refractivity contribution is -0.0456. The Kier molecular flexibility index (Phi) is 5.98. The maximum absolute atomic E-state index is 12.8. The van der Waals surface area contributed by atoms with Gasteiger partial charge < -0.3 is 10.5 Å². The smallest absolute Gasteiger partial charge is 0.282 e. The van der Waals surface area contributed by atoms with Gasteiger partial charge >= 0.3 is 0 Å². The van der Waals surface area contributed by atoms with Crippen molar-refractivity contribution >= 4 is 10.2 Å². The first-order valence-electron chi connectivity index (χ1n) is 7.23. The predicted octanol–water partition coefficient (Wildman–Crippen LogP) is 0.647. The van der Waals surface area contributed by atoms with E-state index in [0.717, 1.165) is 0 Å². The van der Waals surface area contributed by atoms with E-state index in [1.807, 2.05) is 34.6 Å². The van der Waals surface area contributed by atoms with Gasteiger partial charge in [-0.05, 0) is 25.8 Å². The van der Waals surface area contributed by atoms with E-state index < -0.39 is 10.2 Å². The third-order valence-electron chi connectivity index (χ3n) is 3.55. The zero-order valence-corrected chi connectivity index (χ0v) is 14.1. The molecule has 7 heteroatoms. The first-order valence-corrected chi connectivity index (χ1v) is 8.63. The van der Waals surface area contributed by atoms with Crippen molar-refractivity contribution in [2.75, 3.05) is 32.7 Å². The Morgan fingerprint density at radius 1 is 1.30 bits per heavy atom. The maximum Gasteiger partial charge on any atom is 0.282 e. The maximum atomic E-state index is 12.8. The molecule has 0 spiro atoms. The summed E-state index contributed by atoms with van der Waals surface area (Å²) in [5, 5.41) is 0. The molecule has 0 aromatic heterocycles. The molecular weight excluding hydrogens is 278 g/mol. The molecule has 0 aliphatic carbocycles. The summed E-state index contributed by atoms with van der Waals surface area (Å²) in [5.41, 5.74) is 5.49. The number of rotatable bonds is 6. The van der Waals surface area contributed by atoms with Gasteiger partial charge in [-0.1, -0.05) is 20.8 Å². The fraction of sp³-hybridized carbons (Fsp3) is 1.00. The van der Waals surface area contributed by atoms with E-state index in [4.69, 9.17) is 10.5 Å². The van der Waals surface area contributed by atoms with E-state index in [2.05, 4.69) is 0 Å². The average Bonchev–Trinajstić information content (AvgIpc) is 2.34. The fourth-order valence-corrected chi connectivity index (χ4v) is 4.34. The van der Waals surface area contributed by atoms with E-state index in [1.54, 1.807) is 0 Å². The average molecular weight is 307 g/mol. The number of morpholine rings is 1. The van der Waals surface area contributed by atoms with Crippen molar-refractivity contribution in [2.24, 2.45) is 11.1 Å². The molecule has 1 saturated heterocycles. The summed E-state index contributed by atoms with van der Waals surface area (Å²) < 4.78 is 34.2. The van der Waals surface area contributed by atoms with Crippen molar-refractivity contribution in [2.45, 2.75) is 46.8 Å². The van der Waals surface area contributed by atoms with Gasteiger partial charge in [-0.15, -0.1) is 0 Å². The van der Waals surface area contributed by atoms with Crippen molar-refractivity contribution in [3.05, 3.63) is 0 Å². The van der Waals surface area contributed by atoms with Crippen LogP contribution in [0.3, 0.4) is 0 Å². The highest BCUT2D eigenvalue weighted by Gasteiger charge is 2.36. The standard InChI is InChI=1S/C13H29N3O3S/c1-6-15(10-13(4,5)9-14)20(17,18)16-7-11(2)19-12(3)8-16/h11-12H,6-10,14H2,1-5H3. The highest BCUT2D eigenvalue weighted by atomic mass is 32.2. The molecule has 1 aliphatic heterocycles. The van der Waals surface area contributed by atoms with Crippen LogP contribution < -0.4 is 5.73 Å². The molecule has 1 rings (SSSR count). The topological polar surface area (TPSA) is 75.9 Å². The number of hydrogen-bond donors (Lipinski definition) is 1. The Hall–Kier alpha value is -0.210. The second-order valence-electron chi connectivity index (χ2n) is 6.38. The third-order valence-corrected chi connectivity index (χ3v) is 5.54. The molecule has 2 unspecified atom stereocenters. The zero-order valence-electron chi connectivity index (χ0n) is 13.3. The normalized spacial score (nSPS) is 26.1. The fourth-order valence-electron chi connectivity index (χ4n) is 2.38. The largest absolute Gasteiger partial charge is 0.373 e. The van der Waals surface area contributed by atoms with E-state index in [1.165, 1.54) is 8.61 Å². The van der Waals surface area contributed by atoms with E-state index in [0.29, 0.717) is 32.7 Å². The van der Waals surface area contributed by atoms with Gasteiger partial charge in [-0.2, -0.15) is 17.0 Å². The van der Waals surface area contributed by atoms with Crippen molar-refractivity contribution in [3.8, 4) is 0 Å². The van der Waals surface area contributed by atoms with Crippen LogP contribution in [0.25, 0.3) is 0 Å². The lowest BCUT2D eigenvalue weighted by atomic mass is 9.94. The summed E-state index contributed by atoms with van der Waals surface area (Å²) >= 11 is 0. The molecule has 0 aromatic carbocycles. The monoisotopic (exact) mass is 307 g/mol. The van der Waals surface area contributed by atoms with Crippen molar-refractivity contribution in [1.82, 2.24) is 8.61 Å². The molecule has 2 atom stereocenters. The van der Waals surface area contributed by atoms with Gasteiger partial charge in [0.15, 0.2) is 0 Å². The van der Waals surface area contributed by atoms with Crippen LogP contribution in [-0.4, -0.2) is 62.0 Å². The Balaban J connectivity index is 2.89. The molecule has 1 heterocycles. The minimum atomic E-state index is -3.45. The van der Waals surface area contributed by atoms with Crippen molar-refractivity contribution < 1.29 is 13.2 Å². The van der Waals surface area contributed by atoms with Gasteiger partial charge in [0.05, 0.1) is 12.2 Å². The second kappa shape index (κ2) is 6.70. The van der Waals surface area contributed by atoms with Crippen LogP contribution in [0.4, 0.5) is 0 Å².